The Hall–Kier alpha value is -0.940. The predicted molar refractivity (Wildman–Crippen MR) is 79.1 cm³/mol. The Bertz CT molecular complexity index is 495. The average Bonchev–Trinajstić information content (AvgIpc) is 2.38. The lowest BCUT2D eigenvalue weighted by molar-refractivity contribution is -0.139. The minimum absolute atomic E-state index is 0.0632. The number of aliphatic carboxylic acids is 1. The van der Waals surface area contributed by atoms with Crippen LogP contribution in [0.15, 0.2) is 22.7 Å². The summed E-state index contributed by atoms with van der Waals surface area (Å²) in [5.41, 5.74) is 1.00. The number of hydrogen-bond donors (Lipinski definition) is 1. The van der Waals surface area contributed by atoms with Gasteiger partial charge in [0.1, 0.15) is 5.82 Å². The third-order valence-corrected chi connectivity index (χ3v) is 4.68. The molecule has 3 nitrogen and oxygen atoms in total. The second-order valence-corrected chi connectivity index (χ2v) is 6.18. The first-order valence-corrected chi connectivity index (χ1v) is 7.71. The molecule has 0 bridgehead atoms. The summed E-state index contributed by atoms with van der Waals surface area (Å²) in [6.07, 6.45) is 3.24. The maximum Gasteiger partial charge on any atom is 0.304 e. The highest BCUT2D eigenvalue weighted by molar-refractivity contribution is 9.10. The molecule has 1 aromatic carbocycles. The fraction of sp³-hybridized carbons (Fsp3) is 0.533. The molecule has 20 heavy (non-hydrogen) atoms. The Morgan fingerprint density at radius 1 is 1.55 bits per heavy atom. The fourth-order valence-electron chi connectivity index (χ4n) is 2.97. The van der Waals surface area contributed by atoms with Gasteiger partial charge in [-0.3, -0.25) is 9.69 Å². The van der Waals surface area contributed by atoms with Crippen molar-refractivity contribution in [1.29, 1.82) is 0 Å². The van der Waals surface area contributed by atoms with Crippen LogP contribution < -0.4 is 0 Å². The SMILES string of the molecule is CC(c1ccc(F)cc1Br)N1CCCCC1CC(=O)O. The molecule has 0 amide bonds. The molecule has 0 spiro atoms. The standard InChI is InChI=1S/C15H19BrFNO2/c1-10(13-6-5-11(17)8-14(13)16)18-7-3-2-4-12(18)9-15(19)20/h5-6,8,10,12H,2-4,7,9H2,1H3,(H,19,20). The summed E-state index contributed by atoms with van der Waals surface area (Å²) in [7, 11) is 0. The van der Waals surface area contributed by atoms with Gasteiger partial charge < -0.3 is 5.11 Å². The van der Waals surface area contributed by atoms with Gasteiger partial charge in [0, 0.05) is 16.6 Å². The van der Waals surface area contributed by atoms with Crippen LogP contribution in [-0.2, 0) is 4.79 Å². The van der Waals surface area contributed by atoms with E-state index in [4.69, 9.17) is 5.11 Å². The van der Waals surface area contributed by atoms with Crippen LogP contribution in [0.1, 0.15) is 44.2 Å². The lowest BCUT2D eigenvalue weighted by Gasteiger charge is -2.39. The van der Waals surface area contributed by atoms with E-state index < -0.39 is 5.97 Å². The zero-order valence-corrected chi connectivity index (χ0v) is 13.1. The first-order chi connectivity index (χ1) is 9.49. The topological polar surface area (TPSA) is 40.5 Å². The summed E-state index contributed by atoms with van der Waals surface area (Å²) in [5, 5.41) is 9.04. The lowest BCUT2D eigenvalue weighted by atomic mass is 9.95. The second kappa shape index (κ2) is 6.68. The quantitative estimate of drug-likeness (QED) is 0.898. The number of hydrogen-bond acceptors (Lipinski definition) is 2. The second-order valence-electron chi connectivity index (χ2n) is 5.33. The Balaban J connectivity index is 2.20. The van der Waals surface area contributed by atoms with Gasteiger partial charge in [0.05, 0.1) is 6.42 Å². The van der Waals surface area contributed by atoms with E-state index in [1.807, 2.05) is 0 Å². The van der Waals surface area contributed by atoms with Gasteiger partial charge in [0.2, 0.25) is 0 Å². The molecular formula is C15H19BrFNO2. The highest BCUT2D eigenvalue weighted by atomic mass is 79.9. The Morgan fingerprint density at radius 2 is 2.30 bits per heavy atom. The van der Waals surface area contributed by atoms with E-state index in [0.717, 1.165) is 35.8 Å². The van der Waals surface area contributed by atoms with Crippen molar-refractivity contribution in [3.05, 3.63) is 34.1 Å². The molecule has 2 atom stereocenters. The first-order valence-electron chi connectivity index (χ1n) is 6.91. The van der Waals surface area contributed by atoms with Crippen molar-refractivity contribution in [3.63, 3.8) is 0 Å². The highest BCUT2D eigenvalue weighted by Crippen LogP contribution is 2.33. The molecule has 1 saturated heterocycles. The van der Waals surface area contributed by atoms with Crippen LogP contribution >= 0.6 is 15.9 Å². The van der Waals surface area contributed by atoms with E-state index in [2.05, 4.69) is 27.8 Å². The normalized spacial score (nSPS) is 21.6. The molecule has 1 aromatic rings. The summed E-state index contributed by atoms with van der Waals surface area (Å²) in [6.45, 7) is 2.95. The fourth-order valence-corrected chi connectivity index (χ4v) is 3.65. The summed E-state index contributed by atoms with van der Waals surface area (Å²) in [4.78, 5) is 13.2. The van der Waals surface area contributed by atoms with E-state index >= 15 is 0 Å². The Kier molecular flexibility index (Phi) is 5.16. The van der Waals surface area contributed by atoms with Crippen molar-refractivity contribution in [2.45, 2.75) is 44.7 Å². The number of carboxylic acids is 1. The zero-order valence-electron chi connectivity index (χ0n) is 11.5. The van der Waals surface area contributed by atoms with Gasteiger partial charge in [-0.1, -0.05) is 28.4 Å². The average molecular weight is 344 g/mol. The molecule has 0 aliphatic carbocycles. The van der Waals surface area contributed by atoms with Gasteiger partial charge in [-0.05, 0) is 44.0 Å². The first kappa shape index (κ1) is 15.4. The monoisotopic (exact) mass is 343 g/mol. The molecule has 0 aromatic heterocycles. The van der Waals surface area contributed by atoms with Gasteiger partial charge in [-0.2, -0.15) is 0 Å². The molecule has 1 aliphatic rings. The maximum absolute atomic E-state index is 13.2. The number of piperidine rings is 1. The van der Waals surface area contributed by atoms with Crippen molar-refractivity contribution in [2.24, 2.45) is 0 Å². The molecular weight excluding hydrogens is 325 g/mol. The van der Waals surface area contributed by atoms with Crippen LogP contribution in [0, 0.1) is 5.82 Å². The molecule has 0 radical (unpaired) electrons. The van der Waals surface area contributed by atoms with Crippen molar-refractivity contribution in [3.8, 4) is 0 Å². The zero-order chi connectivity index (χ0) is 14.7. The smallest absolute Gasteiger partial charge is 0.304 e. The summed E-state index contributed by atoms with van der Waals surface area (Å²) in [5.74, 6) is -1.03. The van der Waals surface area contributed by atoms with E-state index in [1.165, 1.54) is 12.1 Å². The van der Waals surface area contributed by atoms with Crippen LogP contribution in [-0.4, -0.2) is 28.6 Å². The van der Waals surface area contributed by atoms with Crippen LogP contribution in [0.25, 0.3) is 0 Å². The maximum atomic E-state index is 13.2. The number of rotatable bonds is 4. The molecule has 2 unspecified atom stereocenters. The van der Waals surface area contributed by atoms with Crippen LogP contribution in [0.2, 0.25) is 0 Å². The van der Waals surface area contributed by atoms with E-state index in [1.54, 1.807) is 6.07 Å². The van der Waals surface area contributed by atoms with E-state index in [0.29, 0.717) is 0 Å². The van der Waals surface area contributed by atoms with Crippen molar-refractivity contribution in [1.82, 2.24) is 4.90 Å². The largest absolute Gasteiger partial charge is 0.481 e. The molecule has 1 aliphatic heterocycles. The number of likely N-dealkylation sites (tertiary alicyclic amines) is 1. The molecule has 1 N–H and O–H groups in total. The van der Waals surface area contributed by atoms with Gasteiger partial charge in [-0.25, -0.2) is 4.39 Å². The number of carbonyl (C=O) groups is 1. The van der Waals surface area contributed by atoms with E-state index in [-0.39, 0.29) is 24.3 Å². The number of carboxylic acid groups (broad SMARTS) is 1. The van der Waals surface area contributed by atoms with E-state index in [9.17, 15) is 9.18 Å². The minimum atomic E-state index is -0.757. The summed E-state index contributed by atoms with van der Waals surface area (Å²) in [6, 6.07) is 4.83. The number of halogens is 2. The van der Waals surface area contributed by atoms with Crippen molar-refractivity contribution in [2.75, 3.05) is 6.54 Å². The van der Waals surface area contributed by atoms with Crippen LogP contribution in [0.5, 0.6) is 0 Å². The minimum Gasteiger partial charge on any atom is -0.481 e. The lowest BCUT2D eigenvalue weighted by Crippen LogP contribution is -2.42. The van der Waals surface area contributed by atoms with Gasteiger partial charge in [-0.15, -0.1) is 0 Å². The number of nitrogens with zero attached hydrogens (tertiary/aromatic N) is 1. The molecule has 1 heterocycles. The van der Waals surface area contributed by atoms with Gasteiger partial charge in [0.25, 0.3) is 0 Å². The van der Waals surface area contributed by atoms with Crippen molar-refractivity contribution < 1.29 is 14.3 Å². The molecule has 0 saturated carbocycles. The Morgan fingerprint density at radius 3 is 2.95 bits per heavy atom. The number of benzene rings is 1. The molecule has 110 valence electrons. The van der Waals surface area contributed by atoms with Gasteiger partial charge >= 0.3 is 5.97 Å². The summed E-state index contributed by atoms with van der Waals surface area (Å²) >= 11 is 3.40. The van der Waals surface area contributed by atoms with Gasteiger partial charge in [0.15, 0.2) is 0 Å². The third-order valence-electron chi connectivity index (χ3n) is 3.99. The predicted octanol–water partition coefficient (Wildman–Crippen LogP) is 3.98. The third kappa shape index (κ3) is 3.58. The molecule has 5 heteroatoms. The summed E-state index contributed by atoms with van der Waals surface area (Å²) < 4.78 is 13.9. The van der Waals surface area contributed by atoms with Crippen LogP contribution in [0.3, 0.4) is 0 Å². The van der Waals surface area contributed by atoms with Crippen LogP contribution in [0.4, 0.5) is 4.39 Å². The highest BCUT2D eigenvalue weighted by Gasteiger charge is 2.29. The van der Waals surface area contributed by atoms with Crippen molar-refractivity contribution >= 4 is 21.9 Å². The molecule has 1 fully saturated rings. The Labute approximate surface area is 126 Å². The molecule has 2 rings (SSSR count).